The predicted molar refractivity (Wildman–Crippen MR) is 122 cm³/mol. The van der Waals surface area contributed by atoms with Crippen LogP contribution >= 0.6 is 0 Å². The zero-order valence-corrected chi connectivity index (χ0v) is 19.0. The molecule has 0 spiro atoms. The summed E-state index contributed by atoms with van der Waals surface area (Å²) in [5, 5.41) is 0. The molecule has 0 heterocycles. The Labute approximate surface area is 196 Å². The van der Waals surface area contributed by atoms with Gasteiger partial charge >= 0.3 is 6.11 Å². The smallest absolute Gasteiger partial charge is 0.426 e. The quantitative estimate of drug-likeness (QED) is 0.245. The molecule has 1 fully saturated rings. The number of halogens is 5. The molecule has 3 aromatic rings. The second-order valence-corrected chi connectivity index (χ2v) is 9.03. The number of rotatable bonds is 7. The van der Waals surface area contributed by atoms with Crippen LogP contribution in [0.5, 0.6) is 5.75 Å². The Bertz CT molecular complexity index is 1080. The zero-order chi connectivity index (χ0) is 24.3. The molecule has 34 heavy (non-hydrogen) atoms. The average Bonchev–Trinajstić information content (AvgIpc) is 2.83. The average molecular weight is 475 g/mol. The second-order valence-electron chi connectivity index (χ2n) is 9.03. The van der Waals surface area contributed by atoms with E-state index < -0.39 is 34.9 Å². The van der Waals surface area contributed by atoms with Crippen LogP contribution in [-0.4, -0.2) is 0 Å². The summed E-state index contributed by atoms with van der Waals surface area (Å²) >= 11 is 0. The van der Waals surface area contributed by atoms with Crippen molar-refractivity contribution in [3.05, 3.63) is 89.2 Å². The van der Waals surface area contributed by atoms with E-state index >= 15 is 0 Å². The first-order valence-corrected chi connectivity index (χ1v) is 11.7. The van der Waals surface area contributed by atoms with Crippen molar-refractivity contribution < 1.29 is 26.7 Å². The molecule has 0 amide bonds. The lowest BCUT2D eigenvalue weighted by Crippen LogP contribution is -2.22. The van der Waals surface area contributed by atoms with Gasteiger partial charge in [0, 0.05) is 12.1 Å². The fourth-order valence-electron chi connectivity index (χ4n) is 4.80. The highest BCUT2D eigenvalue weighted by Gasteiger charge is 2.35. The minimum atomic E-state index is -3.85. The number of hydrogen-bond donors (Lipinski definition) is 0. The normalized spacial score (nSPS) is 18.6. The molecule has 0 atom stereocenters. The Hall–Kier alpha value is -2.89. The van der Waals surface area contributed by atoms with Crippen molar-refractivity contribution in [3.63, 3.8) is 0 Å². The van der Waals surface area contributed by atoms with Crippen molar-refractivity contribution in [3.8, 4) is 16.9 Å². The van der Waals surface area contributed by atoms with Gasteiger partial charge in [-0.2, -0.15) is 8.78 Å². The van der Waals surface area contributed by atoms with E-state index in [1.54, 1.807) is 12.1 Å². The van der Waals surface area contributed by atoms with Crippen LogP contribution < -0.4 is 4.74 Å². The monoisotopic (exact) mass is 474 g/mol. The number of benzene rings is 3. The molecule has 6 heteroatoms. The van der Waals surface area contributed by atoms with Crippen molar-refractivity contribution in [2.24, 2.45) is 5.92 Å². The summed E-state index contributed by atoms with van der Waals surface area (Å²) in [7, 11) is 0. The molecule has 0 aliphatic heterocycles. The van der Waals surface area contributed by atoms with Gasteiger partial charge < -0.3 is 4.74 Å². The highest BCUT2D eigenvalue weighted by atomic mass is 19.3. The Kier molecular flexibility index (Phi) is 7.24. The van der Waals surface area contributed by atoms with Crippen molar-refractivity contribution >= 4 is 0 Å². The molecule has 1 nitrogen and oxygen atoms in total. The van der Waals surface area contributed by atoms with Crippen LogP contribution in [0.2, 0.25) is 0 Å². The van der Waals surface area contributed by atoms with Crippen LogP contribution in [0.3, 0.4) is 0 Å². The molecule has 0 bridgehead atoms. The topological polar surface area (TPSA) is 9.23 Å². The maximum atomic E-state index is 14.5. The minimum Gasteiger partial charge on any atom is -0.429 e. The minimum absolute atomic E-state index is 0.387. The number of alkyl halides is 2. The SMILES string of the molecule is CCCC1CCC(c2ccc(-c3ccc(C(F)(F)Oc4cc(F)c(F)c(F)c4)cc3)cc2)CC1. The molecule has 0 N–H and O–H groups in total. The van der Waals surface area contributed by atoms with Gasteiger partial charge in [0.05, 0.1) is 5.56 Å². The van der Waals surface area contributed by atoms with Crippen molar-refractivity contribution in [1.82, 2.24) is 0 Å². The molecule has 0 radical (unpaired) electrons. The van der Waals surface area contributed by atoms with E-state index in [1.807, 2.05) is 12.1 Å². The number of hydrogen-bond acceptors (Lipinski definition) is 1. The van der Waals surface area contributed by atoms with Gasteiger partial charge in [-0.25, -0.2) is 13.2 Å². The third-order valence-electron chi connectivity index (χ3n) is 6.68. The van der Waals surface area contributed by atoms with Gasteiger partial charge in [0.1, 0.15) is 5.75 Å². The Morgan fingerprint density at radius 3 is 1.85 bits per heavy atom. The summed E-state index contributed by atoms with van der Waals surface area (Å²) in [4.78, 5) is 0. The highest BCUT2D eigenvalue weighted by molar-refractivity contribution is 5.64. The lowest BCUT2D eigenvalue weighted by molar-refractivity contribution is -0.185. The largest absolute Gasteiger partial charge is 0.429 e. The summed E-state index contributed by atoms with van der Waals surface area (Å²) in [5.41, 5.74) is 2.49. The summed E-state index contributed by atoms with van der Waals surface area (Å²) in [6.45, 7) is 2.24. The first-order chi connectivity index (χ1) is 16.3. The molecular formula is C28H27F5O. The Balaban J connectivity index is 1.43. The lowest BCUT2D eigenvalue weighted by atomic mass is 9.77. The van der Waals surface area contributed by atoms with Crippen molar-refractivity contribution in [2.45, 2.75) is 57.5 Å². The Morgan fingerprint density at radius 2 is 1.32 bits per heavy atom. The van der Waals surface area contributed by atoms with Crippen molar-refractivity contribution in [1.29, 1.82) is 0 Å². The molecule has 3 aromatic carbocycles. The van der Waals surface area contributed by atoms with Gasteiger partial charge in [0.25, 0.3) is 0 Å². The van der Waals surface area contributed by atoms with Gasteiger partial charge in [-0.05, 0) is 66.3 Å². The fourth-order valence-corrected chi connectivity index (χ4v) is 4.80. The molecule has 4 rings (SSSR count). The van der Waals surface area contributed by atoms with Crippen LogP contribution in [0.15, 0.2) is 60.7 Å². The number of ether oxygens (including phenoxy) is 1. The van der Waals surface area contributed by atoms with E-state index in [0.29, 0.717) is 18.1 Å². The van der Waals surface area contributed by atoms with Gasteiger partial charge in [-0.1, -0.05) is 56.2 Å². The van der Waals surface area contributed by atoms with Gasteiger partial charge in [-0.3, -0.25) is 0 Å². The molecule has 0 aromatic heterocycles. The molecule has 1 aliphatic carbocycles. The van der Waals surface area contributed by atoms with Crippen LogP contribution in [0.25, 0.3) is 11.1 Å². The van der Waals surface area contributed by atoms with Crippen LogP contribution in [0, 0.1) is 23.4 Å². The summed E-state index contributed by atoms with van der Waals surface area (Å²) in [6, 6.07) is 14.5. The van der Waals surface area contributed by atoms with Crippen LogP contribution in [0.1, 0.15) is 62.5 Å². The van der Waals surface area contributed by atoms with Gasteiger partial charge in [0.2, 0.25) is 0 Å². The van der Waals surface area contributed by atoms with E-state index in [0.717, 1.165) is 17.0 Å². The maximum absolute atomic E-state index is 14.5. The Morgan fingerprint density at radius 1 is 0.794 bits per heavy atom. The second kappa shape index (κ2) is 10.2. The summed E-state index contributed by atoms with van der Waals surface area (Å²) in [6.07, 6.45) is 3.65. The van der Waals surface area contributed by atoms with E-state index in [9.17, 15) is 22.0 Å². The van der Waals surface area contributed by atoms with E-state index in [1.165, 1.54) is 56.2 Å². The first kappa shape index (κ1) is 24.2. The molecule has 180 valence electrons. The maximum Gasteiger partial charge on any atom is 0.426 e. The lowest BCUT2D eigenvalue weighted by Gasteiger charge is -2.28. The molecule has 1 aliphatic rings. The van der Waals surface area contributed by atoms with Gasteiger partial charge in [-0.15, -0.1) is 0 Å². The predicted octanol–water partition coefficient (Wildman–Crippen LogP) is 8.97. The van der Waals surface area contributed by atoms with Crippen molar-refractivity contribution in [2.75, 3.05) is 0 Å². The third-order valence-corrected chi connectivity index (χ3v) is 6.68. The summed E-state index contributed by atoms with van der Waals surface area (Å²) in [5.74, 6) is -4.32. The van der Waals surface area contributed by atoms with Gasteiger partial charge in [0.15, 0.2) is 17.5 Å². The van der Waals surface area contributed by atoms with E-state index in [4.69, 9.17) is 0 Å². The van der Waals surface area contributed by atoms with Crippen LogP contribution in [-0.2, 0) is 6.11 Å². The van der Waals surface area contributed by atoms with E-state index in [2.05, 4.69) is 23.8 Å². The third kappa shape index (κ3) is 5.43. The standard InChI is InChI=1S/C28H27F5O/c1-2-3-18-4-6-19(7-5-18)20-8-10-21(11-9-20)22-12-14-23(15-13-22)28(32,33)34-24-16-25(29)27(31)26(30)17-24/h8-19H,2-7H2,1H3. The summed E-state index contributed by atoms with van der Waals surface area (Å²) < 4.78 is 73.2. The van der Waals surface area contributed by atoms with Crippen LogP contribution in [0.4, 0.5) is 22.0 Å². The highest BCUT2D eigenvalue weighted by Crippen LogP contribution is 2.38. The fraction of sp³-hybridized carbons (Fsp3) is 0.357. The molecular weight excluding hydrogens is 447 g/mol. The molecule has 1 saturated carbocycles. The first-order valence-electron chi connectivity index (χ1n) is 11.7. The molecule has 0 saturated heterocycles. The zero-order valence-electron chi connectivity index (χ0n) is 19.0. The molecule has 0 unspecified atom stereocenters. The van der Waals surface area contributed by atoms with E-state index in [-0.39, 0.29) is 0 Å².